The summed E-state index contributed by atoms with van der Waals surface area (Å²) in [4.78, 5) is 22.1. The molecule has 0 spiro atoms. The molecule has 0 aliphatic heterocycles. The molecule has 0 atom stereocenters. The minimum Gasteiger partial charge on any atom is -0.480 e. The molecule has 0 radical (unpaired) electrons. The van der Waals surface area contributed by atoms with Crippen LogP contribution in [-0.4, -0.2) is 43.9 Å². The van der Waals surface area contributed by atoms with Gasteiger partial charge in [-0.2, -0.15) is 0 Å². The van der Waals surface area contributed by atoms with Gasteiger partial charge in [0.05, 0.1) is 13.2 Å². The molecule has 1 aromatic carbocycles. The van der Waals surface area contributed by atoms with Crippen molar-refractivity contribution < 1.29 is 24.2 Å². The quantitative estimate of drug-likeness (QED) is 0.676. The van der Waals surface area contributed by atoms with Crippen LogP contribution in [0.3, 0.4) is 0 Å². The molecule has 6 heteroatoms. The number of methoxy groups -OCH3 is 1. The van der Waals surface area contributed by atoms with E-state index >= 15 is 0 Å². The van der Waals surface area contributed by atoms with E-state index in [9.17, 15) is 9.59 Å². The number of carbonyl (C=O) groups excluding carboxylic acids is 1. The molecule has 0 heterocycles. The highest BCUT2D eigenvalue weighted by molar-refractivity contribution is 5.95. The van der Waals surface area contributed by atoms with Crippen LogP contribution in [0.1, 0.15) is 15.9 Å². The van der Waals surface area contributed by atoms with E-state index in [0.29, 0.717) is 12.2 Å². The van der Waals surface area contributed by atoms with E-state index < -0.39 is 5.97 Å². The van der Waals surface area contributed by atoms with Gasteiger partial charge in [-0.25, -0.2) is 4.79 Å². The van der Waals surface area contributed by atoms with Crippen LogP contribution in [0.4, 0.5) is 0 Å². The summed E-state index contributed by atoms with van der Waals surface area (Å²) in [7, 11) is 1.56. The van der Waals surface area contributed by atoms with Crippen molar-refractivity contribution in [3.8, 4) is 0 Å². The largest absolute Gasteiger partial charge is 0.480 e. The molecule has 1 aromatic rings. The van der Waals surface area contributed by atoms with E-state index in [2.05, 4.69) is 5.32 Å². The summed E-state index contributed by atoms with van der Waals surface area (Å²) in [5.74, 6) is -1.26. The molecule has 0 aliphatic carbocycles. The average molecular weight is 267 g/mol. The standard InChI is InChI=1S/C13H17NO5/c1-18-8-10-4-2-3-5-11(10)13(17)14-6-7-19-9-12(15)16/h2-5H,6-9H2,1H3,(H,14,17)(H,15,16). The first kappa shape index (κ1) is 15.1. The molecular formula is C13H17NO5. The van der Waals surface area contributed by atoms with Crippen molar-refractivity contribution in [3.05, 3.63) is 35.4 Å². The van der Waals surface area contributed by atoms with Crippen LogP contribution in [-0.2, 0) is 20.9 Å². The number of carboxylic acids is 1. The number of benzene rings is 1. The van der Waals surface area contributed by atoms with Crippen molar-refractivity contribution in [3.63, 3.8) is 0 Å². The first-order chi connectivity index (χ1) is 9.15. The van der Waals surface area contributed by atoms with Gasteiger partial charge in [-0.05, 0) is 11.6 Å². The van der Waals surface area contributed by atoms with E-state index in [1.54, 1.807) is 19.2 Å². The smallest absolute Gasteiger partial charge is 0.329 e. The Morgan fingerprint density at radius 3 is 2.74 bits per heavy atom. The lowest BCUT2D eigenvalue weighted by Crippen LogP contribution is -2.28. The van der Waals surface area contributed by atoms with E-state index in [-0.39, 0.29) is 25.7 Å². The molecule has 2 N–H and O–H groups in total. The molecule has 6 nitrogen and oxygen atoms in total. The van der Waals surface area contributed by atoms with Crippen LogP contribution in [0.15, 0.2) is 24.3 Å². The summed E-state index contributed by atoms with van der Waals surface area (Å²) < 4.78 is 9.84. The summed E-state index contributed by atoms with van der Waals surface area (Å²) in [5.41, 5.74) is 1.34. The van der Waals surface area contributed by atoms with Crippen molar-refractivity contribution in [2.75, 3.05) is 26.9 Å². The molecule has 0 saturated carbocycles. The number of aliphatic carboxylic acids is 1. The molecule has 0 aromatic heterocycles. The monoisotopic (exact) mass is 267 g/mol. The van der Waals surface area contributed by atoms with Gasteiger partial charge in [0.15, 0.2) is 0 Å². The van der Waals surface area contributed by atoms with E-state index in [1.807, 2.05) is 12.1 Å². The van der Waals surface area contributed by atoms with E-state index in [0.717, 1.165) is 5.56 Å². The predicted molar refractivity (Wildman–Crippen MR) is 67.9 cm³/mol. The second kappa shape index (κ2) is 8.23. The zero-order valence-corrected chi connectivity index (χ0v) is 10.7. The van der Waals surface area contributed by atoms with Crippen LogP contribution < -0.4 is 5.32 Å². The lowest BCUT2D eigenvalue weighted by atomic mass is 10.1. The van der Waals surface area contributed by atoms with Gasteiger partial charge in [-0.1, -0.05) is 18.2 Å². The molecule has 0 bridgehead atoms. The number of carbonyl (C=O) groups is 2. The number of hydrogen-bond acceptors (Lipinski definition) is 4. The Bertz CT molecular complexity index is 433. The number of carboxylic acid groups (broad SMARTS) is 1. The highest BCUT2D eigenvalue weighted by Gasteiger charge is 2.09. The molecule has 1 amide bonds. The predicted octanol–water partition coefficient (Wildman–Crippen LogP) is 0.664. The van der Waals surface area contributed by atoms with Crippen molar-refractivity contribution in [2.45, 2.75) is 6.61 Å². The minimum absolute atomic E-state index is 0.157. The lowest BCUT2D eigenvalue weighted by molar-refractivity contribution is -0.142. The van der Waals surface area contributed by atoms with E-state index in [1.165, 1.54) is 0 Å². The number of rotatable bonds is 8. The Morgan fingerprint density at radius 1 is 1.32 bits per heavy atom. The third kappa shape index (κ3) is 5.50. The fourth-order valence-corrected chi connectivity index (χ4v) is 1.51. The molecule has 0 aliphatic rings. The van der Waals surface area contributed by atoms with Gasteiger partial charge in [0.2, 0.25) is 0 Å². The van der Waals surface area contributed by atoms with Gasteiger partial charge in [0.1, 0.15) is 6.61 Å². The maximum atomic E-state index is 11.9. The molecule has 0 saturated heterocycles. The topological polar surface area (TPSA) is 84.9 Å². The average Bonchev–Trinajstić information content (AvgIpc) is 2.39. The number of amides is 1. The Kier molecular flexibility index (Phi) is 6.56. The maximum absolute atomic E-state index is 11.9. The normalized spacial score (nSPS) is 10.2. The number of nitrogens with one attached hydrogen (secondary N) is 1. The van der Waals surface area contributed by atoms with Crippen LogP contribution in [0.25, 0.3) is 0 Å². The Hall–Kier alpha value is -1.92. The molecular weight excluding hydrogens is 250 g/mol. The number of hydrogen-bond donors (Lipinski definition) is 2. The van der Waals surface area contributed by atoms with Crippen molar-refractivity contribution in [1.82, 2.24) is 5.32 Å². The third-order valence-corrected chi connectivity index (χ3v) is 2.32. The van der Waals surface area contributed by atoms with Gasteiger partial charge in [-0.15, -0.1) is 0 Å². The van der Waals surface area contributed by atoms with Crippen LogP contribution >= 0.6 is 0 Å². The van der Waals surface area contributed by atoms with Gasteiger partial charge in [0.25, 0.3) is 5.91 Å². The van der Waals surface area contributed by atoms with E-state index in [4.69, 9.17) is 14.6 Å². The van der Waals surface area contributed by atoms with Crippen molar-refractivity contribution in [1.29, 1.82) is 0 Å². The van der Waals surface area contributed by atoms with Gasteiger partial charge in [0, 0.05) is 19.2 Å². The minimum atomic E-state index is -1.03. The second-order valence-corrected chi connectivity index (χ2v) is 3.79. The zero-order chi connectivity index (χ0) is 14.1. The Labute approximate surface area is 111 Å². The maximum Gasteiger partial charge on any atom is 0.329 e. The highest BCUT2D eigenvalue weighted by Crippen LogP contribution is 2.09. The summed E-state index contributed by atoms with van der Waals surface area (Å²) in [5, 5.41) is 11.0. The number of ether oxygens (including phenoxy) is 2. The summed E-state index contributed by atoms with van der Waals surface area (Å²) >= 11 is 0. The summed E-state index contributed by atoms with van der Waals surface area (Å²) in [6, 6.07) is 7.14. The van der Waals surface area contributed by atoms with Crippen LogP contribution in [0, 0.1) is 0 Å². The van der Waals surface area contributed by atoms with Crippen LogP contribution in [0.5, 0.6) is 0 Å². The fraction of sp³-hybridized carbons (Fsp3) is 0.385. The Morgan fingerprint density at radius 2 is 2.05 bits per heavy atom. The van der Waals surface area contributed by atoms with Gasteiger partial charge >= 0.3 is 5.97 Å². The lowest BCUT2D eigenvalue weighted by Gasteiger charge is -2.09. The first-order valence-corrected chi connectivity index (χ1v) is 5.79. The third-order valence-electron chi connectivity index (χ3n) is 2.32. The molecule has 19 heavy (non-hydrogen) atoms. The van der Waals surface area contributed by atoms with Gasteiger partial charge < -0.3 is 19.9 Å². The molecule has 1 rings (SSSR count). The fourth-order valence-electron chi connectivity index (χ4n) is 1.51. The molecule has 104 valence electrons. The Balaban J connectivity index is 2.43. The summed E-state index contributed by atoms with van der Waals surface area (Å²) in [6.07, 6.45) is 0. The highest BCUT2D eigenvalue weighted by atomic mass is 16.5. The molecule has 0 fully saturated rings. The first-order valence-electron chi connectivity index (χ1n) is 5.79. The summed E-state index contributed by atoms with van der Waals surface area (Å²) in [6.45, 7) is 0.410. The second-order valence-electron chi connectivity index (χ2n) is 3.79. The van der Waals surface area contributed by atoms with Gasteiger partial charge in [-0.3, -0.25) is 4.79 Å². The SMILES string of the molecule is COCc1ccccc1C(=O)NCCOCC(=O)O. The zero-order valence-electron chi connectivity index (χ0n) is 10.7. The van der Waals surface area contributed by atoms with Crippen LogP contribution in [0.2, 0.25) is 0 Å². The molecule has 0 unspecified atom stereocenters. The van der Waals surface area contributed by atoms with Crippen molar-refractivity contribution in [2.24, 2.45) is 0 Å². The van der Waals surface area contributed by atoms with Crippen molar-refractivity contribution >= 4 is 11.9 Å².